The van der Waals surface area contributed by atoms with Gasteiger partial charge in [0.2, 0.25) is 0 Å². The molecule has 0 aliphatic heterocycles. The molecule has 0 fully saturated rings. The Hall–Kier alpha value is -2.41. The summed E-state index contributed by atoms with van der Waals surface area (Å²) in [7, 11) is 0. The summed E-state index contributed by atoms with van der Waals surface area (Å²) in [5, 5.41) is 0. The van der Waals surface area contributed by atoms with Crippen molar-refractivity contribution < 1.29 is 0 Å². The van der Waals surface area contributed by atoms with Crippen LogP contribution in [-0.2, 0) is 25.7 Å². The van der Waals surface area contributed by atoms with Crippen molar-refractivity contribution in [2.24, 2.45) is 0 Å². The zero-order valence-corrected chi connectivity index (χ0v) is 19.6. The molecule has 0 saturated heterocycles. The minimum absolute atomic E-state index is 1.04. The van der Waals surface area contributed by atoms with Crippen LogP contribution in [0.3, 0.4) is 0 Å². The number of rotatable bonds is 13. The fraction of sp³-hybridized carbons (Fsp3) is 0.433. The van der Waals surface area contributed by atoms with Gasteiger partial charge in [-0.05, 0) is 66.8 Å². The molecule has 164 valence electrons. The molecule has 1 aromatic heterocycles. The Kier molecular flexibility index (Phi) is 9.83. The second kappa shape index (κ2) is 13.1. The minimum atomic E-state index is 1.04. The van der Waals surface area contributed by atoms with E-state index in [-0.39, 0.29) is 0 Å². The van der Waals surface area contributed by atoms with E-state index in [9.17, 15) is 0 Å². The van der Waals surface area contributed by atoms with Gasteiger partial charge in [0, 0.05) is 11.8 Å². The Morgan fingerprint density at radius 1 is 0.484 bits per heavy atom. The number of hydrogen-bond donors (Lipinski definition) is 0. The lowest BCUT2D eigenvalue weighted by atomic mass is 10.0. The van der Waals surface area contributed by atoms with Crippen molar-refractivity contribution in [3.8, 4) is 11.3 Å². The second-order valence-electron chi connectivity index (χ2n) is 8.83. The van der Waals surface area contributed by atoms with Gasteiger partial charge in [0.1, 0.15) is 0 Å². The van der Waals surface area contributed by atoms with Crippen LogP contribution in [0.5, 0.6) is 0 Å². The molecule has 2 aromatic carbocycles. The fourth-order valence-electron chi connectivity index (χ4n) is 4.08. The van der Waals surface area contributed by atoms with E-state index in [0.29, 0.717) is 0 Å². The molecule has 3 rings (SSSR count). The summed E-state index contributed by atoms with van der Waals surface area (Å²) in [6, 6.07) is 22.6. The molecule has 0 aliphatic carbocycles. The maximum Gasteiger partial charge on any atom is 0.0702 e. The molecule has 0 unspecified atom stereocenters. The van der Waals surface area contributed by atoms with Gasteiger partial charge < -0.3 is 0 Å². The highest BCUT2D eigenvalue weighted by atomic mass is 14.7. The van der Waals surface area contributed by atoms with Crippen molar-refractivity contribution >= 4 is 0 Å². The van der Waals surface area contributed by atoms with Gasteiger partial charge in [-0.15, -0.1) is 0 Å². The van der Waals surface area contributed by atoms with Crippen LogP contribution in [0.4, 0.5) is 0 Å². The Balaban J connectivity index is 1.47. The highest BCUT2D eigenvalue weighted by Crippen LogP contribution is 2.20. The molecule has 0 aliphatic rings. The van der Waals surface area contributed by atoms with E-state index in [0.717, 1.165) is 18.5 Å². The van der Waals surface area contributed by atoms with Crippen LogP contribution in [0.25, 0.3) is 11.3 Å². The third kappa shape index (κ3) is 7.98. The van der Waals surface area contributed by atoms with Gasteiger partial charge in [0.05, 0.1) is 5.69 Å². The summed E-state index contributed by atoms with van der Waals surface area (Å²) in [6.07, 6.45) is 15.7. The normalized spacial score (nSPS) is 11.0. The van der Waals surface area contributed by atoms with Crippen LogP contribution in [0.2, 0.25) is 0 Å². The maximum atomic E-state index is 4.73. The lowest BCUT2D eigenvalue weighted by molar-refractivity contribution is 0.667. The first-order valence-electron chi connectivity index (χ1n) is 12.4. The van der Waals surface area contributed by atoms with Gasteiger partial charge in [-0.1, -0.05) is 101 Å². The van der Waals surface area contributed by atoms with Crippen LogP contribution in [0, 0.1) is 0 Å². The van der Waals surface area contributed by atoms with Gasteiger partial charge in [0.25, 0.3) is 0 Å². The van der Waals surface area contributed by atoms with Crippen molar-refractivity contribution in [3.05, 3.63) is 89.1 Å². The van der Waals surface area contributed by atoms with Gasteiger partial charge in [-0.25, -0.2) is 0 Å². The standard InChI is InChI=1S/C30H39N/c1-3-5-7-9-11-26-18-21-29(22-19-26)30-23-20-28(24-31-30)17-16-27-14-12-25(13-15-27)10-8-6-4-2/h12-15,18-24H,3-11,16-17H2,1-2H3. The summed E-state index contributed by atoms with van der Waals surface area (Å²) in [6.45, 7) is 4.52. The van der Waals surface area contributed by atoms with E-state index in [1.165, 1.54) is 85.6 Å². The van der Waals surface area contributed by atoms with E-state index < -0.39 is 0 Å². The molecule has 0 N–H and O–H groups in total. The molecule has 3 aromatic rings. The number of benzene rings is 2. The summed E-state index contributed by atoms with van der Waals surface area (Å²) in [5.41, 5.74) is 7.91. The first-order chi connectivity index (χ1) is 15.3. The molecule has 0 spiro atoms. The Bertz CT molecular complexity index is 860. The smallest absolute Gasteiger partial charge is 0.0702 e. The lowest BCUT2D eigenvalue weighted by Crippen LogP contribution is -1.94. The predicted molar refractivity (Wildman–Crippen MR) is 135 cm³/mol. The quantitative estimate of drug-likeness (QED) is 0.256. The van der Waals surface area contributed by atoms with Gasteiger partial charge >= 0.3 is 0 Å². The molecule has 0 radical (unpaired) electrons. The molecule has 0 saturated carbocycles. The molecule has 1 heterocycles. The zero-order valence-electron chi connectivity index (χ0n) is 19.6. The van der Waals surface area contributed by atoms with Crippen molar-refractivity contribution in [2.75, 3.05) is 0 Å². The molecular formula is C30H39N. The fourth-order valence-corrected chi connectivity index (χ4v) is 4.08. The first kappa shape index (κ1) is 23.3. The third-order valence-electron chi connectivity index (χ3n) is 6.19. The van der Waals surface area contributed by atoms with Crippen LogP contribution < -0.4 is 0 Å². The first-order valence-corrected chi connectivity index (χ1v) is 12.4. The van der Waals surface area contributed by atoms with Crippen molar-refractivity contribution in [1.82, 2.24) is 4.98 Å². The van der Waals surface area contributed by atoms with E-state index >= 15 is 0 Å². The van der Waals surface area contributed by atoms with Gasteiger partial charge in [-0.3, -0.25) is 4.98 Å². The predicted octanol–water partition coefficient (Wildman–Crippen LogP) is 8.39. The maximum absolute atomic E-state index is 4.73. The van der Waals surface area contributed by atoms with Crippen molar-refractivity contribution in [1.29, 1.82) is 0 Å². The molecule has 0 atom stereocenters. The van der Waals surface area contributed by atoms with Crippen LogP contribution in [0.1, 0.15) is 81.0 Å². The van der Waals surface area contributed by atoms with Gasteiger partial charge in [-0.2, -0.15) is 0 Å². The third-order valence-corrected chi connectivity index (χ3v) is 6.19. The minimum Gasteiger partial charge on any atom is -0.256 e. The molecule has 1 nitrogen and oxygen atoms in total. The average Bonchev–Trinajstić information content (AvgIpc) is 2.82. The van der Waals surface area contributed by atoms with Gasteiger partial charge in [0.15, 0.2) is 0 Å². The van der Waals surface area contributed by atoms with Crippen molar-refractivity contribution in [2.45, 2.75) is 84.5 Å². The van der Waals surface area contributed by atoms with E-state index in [4.69, 9.17) is 4.98 Å². The second-order valence-corrected chi connectivity index (χ2v) is 8.83. The number of pyridine rings is 1. The summed E-state index contributed by atoms with van der Waals surface area (Å²) >= 11 is 0. The highest BCUT2D eigenvalue weighted by Gasteiger charge is 2.02. The lowest BCUT2D eigenvalue weighted by Gasteiger charge is -2.07. The largest absolute Gasteiger partial charge is 0.256 e. The topological polar surface area (TPSA) is 12.9 Å². The molecule has 0 bridgehead atoms. The van der Waals surface area contributed by atoms with Crippen molar-refractivity contribution in [3.63, 3.8) is 0 Å². The molecule has 1 heteroatoms. The summed E-state index contributed by atoms with van der Waals surface area (Å²) < 4.78 is 0. The van der Waals surface area contributed by atoms with E-state index in [1.54, 1.807) is 0 Å². The number of aryl methyl sites for hydroxylation is 4. The summed E-state index contributed by atoms with van der Waals surface area (Å²) in [4.78, 5) is 4.73. The number of unbranched alkanes of at least 4 members (excludes halogenated alkanes) is 5. The zero-order chi connectivity index (χ0) is 21.7. The summed E-state index contributed by atoms with van der Waals surface area (Å²) in [5.74, 6) is 0. The van der Waals surface area contributed by atoms with Crippen LogP contribution in [-0.4, -0.2) is 4.98 Å². The molecule has 0 amide bonds. The monoisotopic (exact) mass is 413 g/mol. The Labute approximate surface area is 190 Å². The SMILES string of the molecule is CCCCCCc1ccc(-c2ccc(CCc3ccc(CCCCC)cc3)cn2)cc1. The number of hydrogen-bond acceptors (Lipinski definition) is 1. The molecular weight excluding hydrogens is 374 g/mol. The van der Waals surface area contributed by atoms with E-state index in [2.05, 4.69) is 74.5 Å². The Morgan fingerprint density at radius 3 is 1.55 bits per heavy atom. The number of nitrogens with zero attached hydrogens (tertiary/aromatic N) is 1. The highest BCUT2D eigenvalue weighted by molar-refractivity contribution is 5.59. The van der Waals surface area contributed by atoms with E-state index in [1.807, 2.05) is 6.20 Å². The van der Waals surface area contributed by atoms with Crippen LogP contribution >= 0.6 is 0 Å². The van der Waals surface area contributed by atoms with Crippen LogP contribution in [0.15, 0.2) is 66.9 Å². The molecule has 31 heavy (non-hydrogen) atoms. The average molecular weight is 414 g/mol. The number of aromatic nitrogens is 1. The Morgan fingerprint density at radius 2 is 0.968 bits per heavy atom.